The molecular weight excluding hydrogens is 252 g/mol. The summed E-state index contributed by atoms with van der Waals surface area (Å²) >= 11 is 0. The van der Waals surface area contributed by atoms with Crippen LogP contribution in [0.3, 0.4) is 0 Å². The van der Waals surface area contributed by atoms with E-state index in [1.54, 1.807) is 0 Å². The predicted molar refractivity (Wildman–Crippen MR) is 69.5 cm³/mol. The first-order chi connectivity index (χ1) is 8.47. The number of carbonyl (C=O) groups is 1. The molecule has 2 fully saturated rings. The summed E-state index contributed by atoms with van der Waals surface area (Å²) in [6.45, 7) is 0.892. The lowest BCUT2D eigenvalue weighted by Gasteiger charge is -2.30. The fraction of sp³-hybridized carbons (Fsp3) is 0.917. The largest absolute Gasteiger partial charge is 0.353 e. The first kappa shape index (κ1) is 13.8. The first-order valence-electron chi connectivity index (χ1n) is 6.72. The minimum atomic E-state index is -3.17. The van der Waals surface area contributed by atoms with Crippen molar-refractivity contribution in [1.29, 1.82) is 0 Å². The van der Waals surface area contributed by atoms with E-state index in [1.165, 1.54) is 23.4 Å². The quantitative estimate of drug-likeness (QED) is 0.824. The predicted octanol–water partition coefficient (Wildman–Crippen LogP) is 0.717. The molecule has 6 heteroatoms. The number of piperidine rings is 1. The van der Waals surface area contributed by atoms with Crippen LogP contribution in [0.4, 0.5) is 0 Å². The summed E-state index contributed by atoms with van der Waals surface area (Å²) < 4.78 is 24.4. The Bertz CT molecular complexity index is 402. The van der Waals surface area contributed by atoms with Gasteiger partial charge in [0.2, 0.25) is 15.9 Å². The van der Waals surface area contributed by atoms with Crippen molar-refractivity contribution in [3.8, 4) is 0 Å². The molecule has 2 aliphatic rings. The van der Waals surface area contributed by atoms with E-state index < -0.39 is 10.0 Å². The van der Waals surface area contributed by atoms with E-state index in [4.69, 9.17) is 0 Å². The van der Waals surface area contributed by atoms with E-state index in [2.05, 4.69) is 5.32 Å². The third kappa shape index (κ3) is 3.45. The van der Waals surface area contributed by atoms with Crippen LogP contribution in [-0.4, -0.2) is 44.0 Å². The molecule has 0 bridgehead atoms. The van der Waals surface area contributed by atoms with Crippen molar-refractivity contribution in [3.63, 3.8) is 0 Å². The van der Waals surface area contributed by atoms with Gasteiger partial charge in [0.05, 0.1) is 12.2 Å². The van der Waals surface area contributed by atoms with Gasteiger partial charge >= 0.3 is 0 Å². The maximum absolute atomic E-state index is 12.1. The molecule has 1 saturated carbocycles. The lowest BCUT2D eigenvalue weighted by atomic mass is 9.98. The van der Waals surface area contributed by atoms with Crippen LogP contribution in [0.15, 0.2) is 0 Å². The van der Waals surface area contributed by atoms with Gasteiger partial charge in [0, 0.05) is 19.1 Å². The van der Waals surface area contributed by atoms with Crippen LogP contribution in [0.5, 0.6) is 0 Å². The zero-order valence-corrected chi connectivity index (χ0v) is 11.7. The highest BCUT2D eigenvalue weighted by molar-refractivity contribution is 7.88. The Morgan fingerprint density at radius 2 is 1.83 bits per heavy atom. The molecule has 1 unspecified atom stereocenters. The molecule has 5 nitrogen and oxygen atoms in total. The minimum absolute atomic E-state index is 0.0373. The molecule has 0 aromatic rings. The van der Waals surface area contributed by atoms with E-state index in [9.17, 15) is 13.2 Å². The van der Waals surface area contributed by atoms with Gasteiger partial charge in [-0.2, -0.15) is 0 Å². The summed E-state index contributed by atoms with van der Waals surface area (Å²) in [6.07, 6.45) is 7.28. The Morgan fingerprint density at radius 3 is 2.44 bits per heavy atom. The molecule has 1 saturated heterocycles. The summed E-state index contributed by atoms with van der Waals surface area (Å²) in [5.41, 5.74) is 0. The normalized spacial score (nSPS) is 27.3. The minimum Gasteiger partial charge on any atom is -0.353 e. The Balaban J connectivity index is 1.89. The molecule has 1 aliphatic carbocycles. The van der Waals surface area contributed by atoms with E-state index in [0.29, 0.717) is 19.1 Å². The van der Waals surface area contributed by atoms with Gasteiger partial charge in [-0.1, -0.05) is 12.8 Å². The summed E-state index contributed by atoms with van der Waals surface area (Å²) in [4.78, 5) is 12.1. The summed E-state index contributed by atoms with van der Waals surface area (Å²) in [5, 5.41) is 3.06. The molecule has 1 atom stereocenters. The molecule has 0 radical (unpaired) electrons. The molecule has 104 valence electrons. The average Bonchev–Trinajstić information content (AvgIpc) is 2.81. The second-order valence-corrected chi connectivity index (χ2v) is 7.43. The number of carbonyl (C=O) groups excluding carboxylic acids is 1. The van der Waals surface area contributed by atoms with Crippen molar-refractivity contribution < 1.29 is 13.2 Å². The number of nitrogens with one attached hydrogen (secondary N) is 1. The molecule has 18 heavy (non-hydrogen) atoms. The van der Waals surface area contributed by atoms with Gasteiger partial charge in [0.1, 0.15) is 0 Å². The lowest BCUT2D eigenvalue weighted by Crippen LogP contribution is -2.46. The number of hydrogen-bond donors (Lipinski definition) is 1. The maximum Gasteiger partial charge on any atom is 0.224 e. The number of nitrogens with zero attached hydrogens (tertiary/aromatic N) is 1. The molecule has 1 heterocycles. The van der Waals surface area contributed by atoms with E-state index in [0.717, 1.165) is 25.7 Å². The number of rotatable bonds is 3. The zero-order valence-electron chi connectivity index (χ0n) is 10.9. The summed E-state index contributed by atoms with van der Waals surface area (Å²) in [5.74, 6) is -0.135. The smallest absolute Gasteiger partial charge is 0.224 e. The van der Waals surface area contributed by atoms with Crippen LogP contribution in [-0.2, 0) is 14.8 Å². The van der Waals surface area contributed by atoms with Crippen LogP contribution < -0.4 is 5.32 Å². The summed E-state index contributed by atoms with van der Waals surface area (Å²) in [7, 11) is -3.17. The van der Waals surface area contributed by atoms with Crippen molar-refractivity contribution in [2.24, 2.45) is 5.92 Å². The van der Waals surface area contributed by atoms with Gasteiger partial charge in [0.25, 0.3) is 0 Å². The third-order valence-electron chi connectivity index (χ3n) is 3.93. The Kier molecular flexibility index (Phi) is 4.27. The van der Waals surface area contributed by atoms with Crippen LogP contribution in [0.1, 0.15) is 38.5 Å². The maximum atomic E-state index is 12.1. The molecule has 0 aromatic carbocycles. The van der Waals surface area contributed by atoms with Gasteiger partial charge in [0.15, 0.2) is 0 Å². The molecule has 2 rings (SSSR count). The molecule has 1 amide bonds. The standard InChI is InChI=1S/C12H22N2O3S/c1-18(16,17)14-8-4-5-10(9-14)12(15)13-11-6-2-3-7-11/h10-11H,2-9H2,1H3,(H,13,15). The Hall–Kier alpha value is -0.620. The second kappa shape index (κ2) is 5.57. The second-order valence-electron chi connectivity index (χ2n) is 5.45. The Morgan fingerprint density at radius 1 is 1.17 bits per heavy atom. The highest BCUT2D eigenvalue weighted by Crippen LogP contribution is 2.21. The Labute approximate surface area is 109 Å². The molecule has 0 aromatic heterocycles. The van der Waals surface area contributed by atoms with E-state index in [1.807, 2.05) is 0 Å². The molecular formula is C12H22N2O3S. The zero-order chi connectivity index (χ0) is 13.2. The fourth-order valence-electron chi connectivity index (χ4n) is 2.85. The van der Waals surface area contributed by atoms with E-state index >= 15 is 0 Å². The van der Waals surface area contributed by atoms with E-state index in [-0.39, 0.29) is 11.8 Å². The number of amides is 1. The highest BCUT2D eigenvalue weighted by Gasteiger charge is 2.31. The van der Waals surface area contributed by atoms with Gasteiger partial charge in [-0.3, -0.25) is 4.79 Å². The van der Waals surface area contributed by atoms with Gasteiger partial charge in [-0.15, -0.1) is 0 Å². The van der Waals surface area contributed by atoms with Crippen molar-refractivity contribution >= 4 is 15.9 Å². The van der Waals surface area contributed by atoms with Gasteiger partial charge < -0.3 is 5.32 Å². The van der Waals surface area contributed by atoms with Crippen molar-refractivity contribution in [2.45, 2.75) is 44.6 Å². The van der Waals surface area contributed by atoms with Crippen LogP contribution in [0.2, 0.25) is 0 Å². The van der Waals surface area contributed by atoms with Crippen LogP contribution >= 0.6 is 0 Å². The monoisotopic (exact) mass is 274 g/mol. The van der Waals surface area contributed by atoms with Crippen molar-refractivity contribution in [3.05, 3.63) is 0 Å². The third-order valence-corrected chi connectivity index (χ3v) is 5.20. The summed E-state index contributed by atoms with van der Waals surface area (Å²) in [6, 6.07) is 0.311. The van der Waals surface area contributed by atoms with Crippen molar-refractivity contribution in [2.75, 3.05) is 19.3 Å². The van der Waals surface area contributed by atoms with Crippen LogP contribution in [0, 0.1) is 5.92 Å². The average molecular weight is 274 g/mol. The lowest BCUT2D eigenvalue weighted by molar-refractivity contribution is -0.126. The highest BCUT2D eigenvalue weighted by atomic mass is 32.2. The molecule has 1 N–H and O–H groups in total. The molecule has 0 spiro atoms. The first-order valence-corrected chi connectivity index (χ1v) is 8.57. The van der Waals surface area contributed by atoms with Crippen molar-refractivity contribution in [1.82, 2.24) is 9.62 Å². The topological polar surface area (TPSA) is 66.5 Å². The SMILES string of the molecule is CS(=O)(=O)N1CCCC(C(=O)NC2CCCC2)C1. The fourth-order valence-corrected chi connectivity index (χ4v) is 3.76. The number of hydrogen-bond acceptors (Lipinski definition) is 3. The van der Waals surface area contributed by atoms with Gasteiger partial charge in [-0.25, -0.2) is 12.7 Å². The number of sulfonamides is 1. The van der Waals surface area contributed by atoms with Gasteiger partial charge in [-0.05, 0) is 25.7 Å². The molecule has 1 aliphatic heterocycles. The van der Waals surface area contributed by atoms with Crippen LogP contribution in [0.25, 0.3) is 0 Å².